The summed E-state index contributed by atoms with van der Waals surface area (Å²) in [5.74, 6) is -0.0372. The Labute approximate surface area is 163 Å². The Balaban J connectivity index is 1.44. The maximum atomic E-state index is 12.1. The van der Waals surface area contributed by atoms with Crippen LogP contribution in [0.1, 0.15) is 39.5 Å². The molecule has 0 saturated heterocycles. The summed E-state index contributed by atoms with van der Waals surface area (Å²) in [6.45, 7) is 4.05. The molecule has 0 spiro atoms. The normalized spacial score (nSPS) is 27.3. The van der Waals surface area contributed by atoms with Crippen molar-refractivity contribution in [1.82, 2.24) is 5.32 Å². The number of rotatable bonds is 5. The third-order valence-electron chi connectivity index (χ3n) is 5.48. The van der Waals surface area contributed by atoms with Gasteiger partial charge in [-0.15, -0.1) is 11.8 Å². The van der Waals surface area contributed by atoms with Crippen molar-refractivity contribution in [3.63, 3.8) is 0 Å². The van der Waals surface area contributed by atoms with Crippen molar-refractivity contribution in [2.45, 2.75) is 55.7 Å². The van der Waals surface area contributed by atoms with Crippen molar-refractivity contribution in [1.29, 1.82) is 0 Å². The second kappa shape index (κ2) is 8.78. The van der Waals surface area contributed by atoms with Crippen LogP contribution in [0.4, 0.5) is 5.69 Å². The van der Waals surface area contributed by atoms with Crippen molar-refractivity contribution in [3.05, 3.63) is 24.3 Å². The van der Waals surface area contributed by atoms with Crippen LogP contribution in [0.15, 0.2) is 29.2 Å². The largest absolute Gasteiger partial charge is 0.456 e. The second-order valence-electron chi connectivity index (χ2n) is 7.40. The monoisotopic (exact) mass is 390 g/mol. The molecule has 1 fully saturated rings. The smallest absolute Gasteiger partial charge is 0.307 e. The van der Waals surface area contributed by atoms with E-state index in [4.69, 9.17) is 4.74 Å². The highest BCUT2D eigenvalue weighted by Crippen LogP contribution is 2.36. The zero-order valence-electron chi connectivity index (χ0n) is 15.7. The topological polar surface area (TPSA) is 84.5 Å². The minimum absolute atomic E-state index is 0.0605. The molecule has 0 bridgehead atoms. The van der Waals surface area contributed by atoms with Gasteiger partial charge in [-0.3, -0.25) is 14.4 Å². The Hall–Kier alpha value is -2.02. The van der Waals surface area contributed by atoms with E-state index < -0.39 is 11.2 Å². The van der Waals surface area contributed by atoms with Gasteiger partial charge in [-0.2, -0.15) is 0 Å². The fourth-order valence-corrected chi connectivity index (χ4v) is 4.71. The van der Waals surface area contributed by atoms with E-state index in [1.165, 1.54) is 18.2 Å². The van der Waals surface area contributed by atoms with Gasteiger partial charge in [-0.1, -0.05) is 38.8 Å². The number of amides is 2. The van der Waals surface area contributed by atoms with Gasteiger partial charge in [0.05, 0.1) is 17.4 Å². The molecular weight excluding hydrogens is 364 g/mol. The average Bonchev–Trinajstić information content (AvgIpc) is 2.64. The van der Waals surface area contributed by atoms with Gasteiger partial charge >= 0.3 is 5.97 Å². The third kappa shape index (κ3) is 5.03. The summed E-state index contributed by atoms with van der Waals surface area (Å²) in [5, 5.41) is 5.23. The SMILES string of the molecule is C[C@@H]1[C@H](C)CCC[C@H]1NC(=O)COC(=O)C[C@H]1Sc2ccccc2NC1=O. The summed E-state index contributed by atoms with van der Waals surface area (Å²) in [6, 6.07) is 7.59. The Bertz CT molecular complexity index is 724. The van der Waals surface area contributed by atoms with Gasteiger partial charge in [-0.25, -0.2) is 0 Å². The van der Waals surface area contributed by atoms with E-state index in [0.29, 0.717) is 11.8 Å². The predicted molar refractivity (Wildman–Crippen MR) is 104 cm³/mol. The Morgan fingerprint density at radius 1 is 1.26 bits per heavy atom. The highest BCUT2D eigenvalue weighted by Gasteiger charge is 2.30. The predicted octanol–water partition coefficient (Wildman–Crippen LogP) is 2.97. The van der Waals surface area contributed by atoms with Crippen LogP contribution in [0.5, 0.6) is 0 Å². The molecule has 2 aliphatic rings. The van der Waals surface area contributed by atoms with Crippen molar-refractivity contribution in [3.8, 4) is 0 Å². The number of nitrogens with one attached hydrogen (secondary N) is 2. The van der Waals surface area contributed by atoms with E-state index >= 15 is 0 Å². The quantitative estimate of drug-likeness (QED) is 0.755. The number of anilines is 1. The van der Waals surface area contributed by atoms with Crippen LogP contribution >= 0.6 is 11.8 Å². The zero-order valence-corrected chi connectivity index (χ0v) is 16.5. The van der Waals surface area contributed by atoms with Crippen LogP contribution in [-0.4, -0.2) is 35.7 Å². The van der Waals surface area contributed by atoms with Crippen molar-refractivity contribution >= 4 is 35.2 Å². The van der Waals surface area contributed by atoms with Gasteiger partial charge in [0, 0.05) is 10.9 Å². The number of benzene rings is 1. The summed E-state index contributed by atoms with van der Waals surface area (Å²) in [7, 11) is 0. The van der Waals surface area contributed by atoms with Gasteiger partial charge in [0.15, 0.2) is 6.61 Å². The highest BCUT2D eigenvalue weighted by molar-refractivity contribution is 8.01. The lowest BCUT2D eigenvalue weighted by atomic mass is 9.78. The molecule has 2 amide bonds. The van der Waals surface area contributed by atoms with Crippen LogP contribution in [0.25, 0.3) is 0 Å². The second-order valence-corrected chi connectivity index (χ2v) is 8.64. The number of para-hydroxylation sites is 1. The maximum Gasteiger partial charge on any atom is 0.307 e. The van der Waals surface area contributed by atoms with Gasteiger partial charge in [0.25, 0.3) is 5.91 Å². The summed E-state index contributed by atoms with van der Waals surface area (Å²) in [4.78, 5) is 37.3. The van der Waals surface area contributed by atoms with Gasteiger partial charge < -0.3 is 15.4 Å². The fourth-order valence-electron chi connectivity index (χ4n) is 3.62. The van der Waals surface area contributed by atoms with Crippen molar-refractivity contribution in [2.24, 2.45) is 11.8 Å². The van der Waals surface area contributed by atoms with Gasteiger partial charge in [0.1, 0.15) is 0 Å². The van der Waals surface area contributed by atoms with Crippen molar-refractivity contribution < 1.29 is 19.1 Å². The molecule has 0 radical (unpaired) electrons. The van der Waals surface area contributed by atoms with E-state index in [1.807, 2.05) is 24.3 Å². The molecule has 1 aliphatic carbocycles. The molecule has 1 aromatic carbocycles. The number of carbonyl (C=O) groups is 3. The molecule has 6 nitrogen and oxygen atoms in total. The van der Waals surface area contributed by atoms with Crippen molar-refractivity contribution in [2.75, 3.05) is 11.9 Å². The molecule has 0 unspecified atom stereocenters. The first-order valence-corrected chi connectivity index (χ1v) is 10.3. The van der Waals surface area contributed by atoms with Crippen LogP contribution in [0, 0.1) is 11.8 Å². The maximum absolute atomic E-state index is 12.1. The van der Waals surface area contributed by atoms with E-state index in [0.717, 1.165) is 23.4 Å². The lowest BCUT2D eigenvalue weighted by Crippen LogP contribution is -2.45. The number of hydrogen-bond donors (Lipinski definition) is 2. The van der Waals surface area contributed by atoms with E-state index in [2.05, 4.69) is 24.5 Å². The van der Waals surface area contributed by atoms with Crippen LogP contribution < -0.4 is 10.6 Å². The number of carbonyl (C=O) groups excluding carboxylic acids is 3. The van der Waals surface area contributed by atoms with E-state index in [1.54, 1.807) is 0 Å². The van der Waals surface area contributed by atoms with E-state index in [9.17, 15) is 14.4 Å². The molecule has 1 saturated carbocycles. The number of esters is 1. The minimum Gasteiger partial charge on any atom is -0.456 e. The van der Waals surface area contributed by atoms with Crippen LogP contribution in [0.3, 0.4) is 0 Å². The molecule has 1 aromatic rings. The minimum atomic E-state index is -0.547. The lowest BCUT2D eigenvalue weighted by Gasteiger charge is -2.34. The van der Waals surface area contributed by atoms with E-state index in [-0.39, 0.29) is 30.9 Å². The van der Waals surface area contributed by atoms with Gasteiger partial charge in [0.2, 0.25) is 5.91 Å². The molecule has 2 N–H and O–H groups in total. The average molecular weight is 391 g/mol. The first-order chi connectivity index (χ1) is 12.9. The fraction of sp³-hybridized carbons (Fsp3) is 0.550. The molecule has 0 aromatic heterocycles. The van der Waals surface area contributed by atoms with Gasteiger partial charge in [-0.05, 0) is 30.4 Å². The number of ether oxygens (including phenoxy) is 1. The zero-order chi connectivity index (χ0) is 19.4. The first kappa shape index (κ1) is 19.7. The number of fused-ring (bicyclic) bond motifs is 1. The Kier molecular flexibility index (Phi) is 6.42. The molecule has 1 heterocycles. The summed E-state index contributed by atoms with van der Waals surface area (Å²) in [6.07, 6.45) is 3.19. The molecule has 146 valence electrons. The molecule has 27 heavy (non-hydrogen) atoms. The lowest BCUT2D eigenvalue weighted by molar-refractivity contribution is -0.149. The summed E-state index contributed by atoms with van der Waals surface area (Å²) < 4.78 is 5.10. The number of hydrogen-bond acceptors (Lipinski definition) is 5. The summed E-state index contributed by atoms with van der Waals surface area (Å²) >= 11 is 1.34. The van der Waals surface area contributed by atoms with Crippen LogP contribution in [0.2, 0.25) is 0 Å². The Morgan fingerprint density at radius 2 is 2.04 bits per heavy atom. The molecule has 7 heteroatoms. The molecular formula is C20H26N2O4S. The Morgan fingerprint density at radius 3 is 2.85 bits per heavy atom. The molecule has 4 atom stereocenters. The number of thioether (sulfide) groups is 1. The summed E-state index contributed by atoms with van der Waals surface area (Å²) in [5.41, 5.74) is 0.757. The highest BCUT2D eigenvalue weighted by atomic mass is 32.2. The molecule has 1 aliphatic heterocycles. The molecule has 3 rings (SSSR count). The van der Waals surface area contributed by atoms with Crippen LogP contribution in [-0.2, 0) is 19.1 Å². The first-order valence-electron chi connectivity index (χ1n) is 9.45. The third-order valence-corrected chi connectivity index (χ3v) is 6.75. The standard InChI is InChI=1S/C20H26N2O4S/c1-12-6-5-8-14(13(12)2)21-18(23)11-26-19(24)10-17-20(25)22-15-7-3-4-9-16(15)27-17/h3-4,7,9,12-14,17H,5-6,8,10-11H2,1-2H3,(H,21,23)(H,22,25)/t12-,13-,14-,17-/m1/s1.